The molecule has 33 heavy (non-hydrogen) atoms. The van der Waals surface area contributed by atoms with Gasteiger partial charge in [-0.1, -0.05) is 37.9 Å². The van der Waals surface area contributed by atoms with Gasteiger partial charge in [0.25, 0.3) is 0 Å². The topological polar surface area (TPSA) is 91.8 Å². The van der Waals surface area contributed by atoms with Gasteiger partial charge in [0.15, 0.2) is 6.10 Å². The van der Waals surface area contributed by atoms with Crippen LogP contribution in [0.2, 0.25) is 0 Å². The van der Waals surface area contributed by atoms with Crippen LogP contribution in [0.1, 0.15) is 49.8 Å². The van der Waals surface area contributed by atoms with Gasteiger partial charge >= 0.3 is 17.9 Å². The highest BCUT2D eigenvalue weighted by atomic mass is 79.9. The smallest absolute Gasteiger partial charge is 0.356 e. The lowest BCUT2D eigenvalue weighted by molar-refractivity contribution is -0.0313. The summed E-state index contributed by atoms with van der Waals surface area (Å²) in [5.41, 5.74) is 1.22. The van der Waals surface area contributed by atoms with Crippen molar-refractivity contribution in [3.63, 3.8) is 0 Å². The van der Waals surface area contributed by atoms with Crippen molar-refractivity contribution < 1.29 is 28.6 Å². The number of carbonyl (C=O) groups excluding carboxylic acids is 3. The van der Waals surface area contributed by atoms with Crippen LogP contribution in [0.3, 0.4) is 0 Å². The van der Waals surface area contributed by atoms with E-state index in [4.69, 9.17) is 9.47 Å². The molecular weight excluding hydrogens is 558 g/mol. The van der Waals surface area contributed by atoms with Crippen molar-refractivity contribution in [2.24, 2.45) is 0 Å². The third kappa shape index (κ3) is 6.49. The van der Waals surface area contributed by atoms with E-state index in [1.807, 2.05) is 0 Å². The van der Waals surface area contributed by atoms with Gasteiger partial charge in [-0.15, -0.1) is 0 Å². The van der Waals surface area contributed by atoms with E-state index >= 15 is 0 Å². The molecule has 0 amide bonds. The molecule has 7 nitrogen and oxygen atoms in total. The van der Waals surface area contributed by atoms with Crippen LogP contribution in [0.25, 0.3) is 0 Å². The molecule has 0 radical (unpaired) electrons. The van der Waals surface area contributed by atoms with Crippen LogP contribution in [0.15, 0.2) is 75.8 Å². The van der Waals surface area contributed by atoms with Crippen molar-refractivity contribution in [1.82, 2.24) is 4.98 Å². The van der Waals surface area contributed by atoms with E-state index in [0.717, 1.165) is 8.95 Å². The van der Waals surface area contributed by atoms with Gasteiger partial charge in [0.05, 0.1) is 18.2 Å². The van der Waals surface area contributed by atoms with Crippen LogP contribution >= 0.6 is 31.9 Å². The molecule has 3 rings (SSSR count). The lowest BCUT2D eigenvalue weighted by Gasteiger charge is -2.24. The average Bonchev–Trinajstić information content (AvgIpc) is 2.82. The summed E-state index contributed by atoms with van der Waals surface area (Å²) >= 11 is 6.65. The fourth-order valence-electron chi connectivity index (χ4n) is 2.89. The number of benzene rings is 2. The first-order chi connectivity index (χ1) is 15.8. The number of esters is 3. The molecule has 1 aromatic heterocycles. The van der Waals surface area contributed by atoms with Gasteiger partial charge < -0.3 is 14.2 Å². The van der Waals surface area contributed by atoms with Gasteiger partial charge in [0.2, 0.25) is 0 Å². The Morgan fingerprint density at radius 2 is 1.27 bits per heavy atom. The van der Waals surface area contributed by atoms with Gasteiger partial charge in [0, 0.05) is 20.7 Å². The Kier molecular flexibility index (Phi) is 8.35. The monoisotopic (exact) mass is 575 g/mol. The highest BCUT2D eigenvalue weighted by Gasteiger charge is 2.28. The third-order valence-electron chi connectivity index (χ3n) is 4.62. The fraction of sp³-hybridized carbons (Fsp3) is 0.167. The maximum Gasteiger partial charge on any atom is 0.356 e. The molecule has 3 aromatic rings. The van der Waals surface area contributed by atoms with Crippen LogP contribution in [0.5, 0.6) is 0 Å². The largest absolute Gasteiger partial charge is 0.464 e. The Bertz CT molecular complexity index is 1130. The summed E-state index contributed by atoms with van der Waals surface area (Å²) in [6, 6.07) is 16.4. The maximum absolute atomic E-state index is 12.8. The molecule has 0 aliphatic rings. The third-order valence-corrected chi connectivity index (χ3v) is 5.68. The van der Waals surface area contributed by atoms with Crippen LogP contribution in [-0.2, 0) is 14.2 Å². The normalized spacial score (nSPS) is 12.4. The van der Waals surface area contributed by atoms with Crippen molar-refractivity contribution in [3.8, 4) is 0 Å². The molecule has 1 heterocycles. The average molecular weight is 577 g/mol. The number of rotatable bonds is 7. The Morgan fingerprint density at radius 3 is 1.73 bits per heavy atom. The lowest BCUT2D eigenvalue weighted by Crippen LogP contribution is -2.27. The second-order valence-corrected chi connectivity index (χ2v) is 8.75. The minimum absolute atomic E-state index is 0.0961. The summed E-state index contributed by atoms with van der Waals surface area (Å²) in [4.78, 5) is 41.2. The number of carbonyl (C=O) groups is 3. The predicted octanol–water partition coefficient (Wildman–Crippen LogP) is 5.54. The number of pyridine rings is 1. The number of hydrogen-bond donors (Lipinski definition) is 0. The SMILES string of the molecule is COC(=O)c1ccc([C@H](OC(=O)c2ccc(Br)cc2)[C@H](C)OC(=O)c2ccc(Br)cc2)cn1. The molecule has 2 aromatic carbocycles. The van der Waals surface area contributed by atoms with Crippen molar-refractivity contribution in [2.75, 3.05) is 7.11 Å². The molecular formula is C24H19Br2NO6. The van der Waals surface area contributed by atoms with Crippen molar-refractivity contribution in [1.29, 1.82) is 0 Å². The first-order valence-corrected chi connectivity index (χ1v) is 11.3. The van der Waals surface area contributed by atoms with Gasteiger partial charge in [-0.2, -0.15) is 0 Å². The number of nitrogens with zero attached hydrogens (tertiary/aromatic N) is 1. The van der Waals surface area contributed by atoms with Crippen LogP contribution in [0, 0.1) is 0 Å². The van der Waals surface area contributed by atoms with Crippen LogP contribution in [-0.4, -0.2) is 36.1 Å². The van der Waals surface area contributed by atoms with Crippen molar-refractivity contribution >= 4 is 49.8 Å². The van der Waals surface area contributed by atoms with Gasteiger partial charge in [-0.3, -0.25) is 0 Å². The number of ether oxygens (including phenoxy) is 3. The maximum atomic E-state index is 12.8. The summed E-state index contributed by atoms with van der Waals surface area (Å²) in [6.45, 7) is 1.62. The zero-order chi connectivity index (χ0) is 24.0. The van der Waals surface area contributed by atoms with Gasteiger partial charge in [0.1, 0.15) is 11.8 Å². The van der Waals surface area contributed by atoms with Crippen molar-refractivity contribution in [2.45, 2.75) is 19.1 Å². The van der Waals surface area contributed by atoms with Gasteiger partial charge in [-0.05, 0) is 61.5 Å². The number of methoxy groups -OCH3 is 1. The molecule has 0 aliphatic heterocycles. The molecule has 0 aliphatic carbocycles. The Morgan fingerprint density at radius 1 is 0.758 bits per heavy atom. The summed E-state index contributed by atoms with van der Waals surface area (Å²) in [5.74, 6) is -1.77. The highest BCUT2D eigenvalue weighted by Crippen LogP contribution is 2.26. The predicted molar refractivity (Wildman–Crippen MR) is 127 cm³/mol. The fourth-order valence-corrected chi connectivity index (χ4v) is 3.42. The van der Waals surface area contributed by atoms with Crippen molar-refractivity contribution in [3.05, 3.63) is 98.2 Å². The molecule has 170 valence electrons. The molecule has 0 fully saturated rings. The Labute approximate surface area is 207 Å². The first-order valence-electron chi connectivity index (χ1n) is 9.76. The zero-order valence-electron chi connectivity index (χ0n) is 17.7. The Balaban J connectivity index is 1.85. The molecule has 9 heteroatoms. The zero-order valence-corrected chi connectivity index (χ0v) is 20.8. The van der Waals surface area contributed by atoms with Crippen LogP contribution < -0.4 is 0 Å². The van der Waals surface area contributed by atoms with E-state index < -0.39 is 30.1 Å². The lowest BCUT2D eigenvalue weighted by atomic mass is 10.1. The minimum atomic E-state index is -0.972. The quantitative estimate of drug-likeness (QED) is 0.269. The van der Waals surface area contributed by atoms with E-state index in [-0.39, 0.29) is 5.69 Å². The molecule has 0 saturated heterocycles. The summed E-state index contributed by atoms with van der Waals surface area (Å²) in [6.07, 6.45) is -0.443. The van der Waals surface area contributed by atoms with E-state index in [9.17, 15) is 14.4 Å². The molecule has 0 bridgehead atoms. The molecule has 0 unspecified atom stereocenters. The summed E-state index contributed by atoms with van der Waals surface area (Å²) < 4.78 is 17.6. The second kappa shape index (κ2) is 11.2. The first kappa shape index (κ1) is 24.6. The van der Waals surface area contributed by atoms with E-state index in [1.54, 1.807) is 61.5 Å². The number of aromatic nitrogens is 1. The van der Waals surface area contributed by atoms with E-state index in [1.165, 1.54) is 19.4 Å². The molecule has 0 spiro atoms. The molecule has 0 N–H and O–H groups in total. The molecule has 2 atom stereocenters. The second-order valence-electron chi connectivity index (χ2n) is 6.92. The van der Waals surface area contributed by atoms with E-state index in [0.29, 0.717) is 16.7 Å². The summed E-state index contributed by atoms with van der Waals surface area (Å²) in [7, 11) is 1.25. The van der Waals surface area contributed by atoms with Crippen LogP contribution in [0.4, 0.5) is 0 Å². The number of halogens is 2. The number of hydrogen-bond acceptors (Lipinski definition) is 7. The summed E-state index contributed by atoms with van der Waals surface area (Å²) in [5, 5.41) is 0. The Hall–Kier alpha value is -3.04. The van der Waals surface area contributed by atoms with E-state index in [2.05, 4.69) is 41.6 Å². The minimum Gasteiger partial charge on any atom is -0.464 e. The highest BCUT2D eigenvalue weighted by molar-refractivity contribution is 9.10. The van der Waals surface area contributed by atoms with Gasteiger partial charge in [-0.25, -0.2) is 19.4 Å². The molecule has 0 saturated carbocycles. The standard InChI is InChI=1S/C24H19Br2NO6/c1-14(32-22(28)15-3-8-18(25)9-4-15)21(17-7-12-20(27-13-17)24(30)31-2)33-23(29)16-5-10-19(26)11-6-16/h3-14,21H,1-2H3/t14-,21+/m0/s1.